The van der Waals surface area contributed by atoms with Crippen LogP contribution in [-0.4, -0.2) is 23.7 Å². The fourth-order valence-electron chi connectivity index (χ4n) is 1.94. The van der Waals surface area contributed by atoms with Crippen molar-refractivity contribution in [2.45, 2.75) is 38.0 Å². The van der Waals surface area contributed by atoms with Crippen molar-refractivity contribution in [2.24, 2.45) is 5.73 Å². The third-order valence-electron chi connectivity index (χ3n) is 3.56. The lowest BCUT2D eigenvalue weighted by Crippen LogP contribution is -2.53. The average molecular weight is 315 g/mol. The van der Waals surface area contributed by atoms with Crippen molar-refractivity contribution in [1.29, 1.82) is 0 Å². The van der Waals surface area contributed by atoms with Crippen LogP contribution in [0, 0.1) is 0 Å². The molecule has 1 aromatic carbocycles. The summed E-state index contributed by atoms with van der Waals surface area (Å²) < 4.78 is 0. The number of halogens is 1. The Morgan fingerprint density at radius 1 is 1.30 bits per heavy atom. The second kappa shape index (κ2) is 8.55. The Hall–Kier alpha value is -0.710. The Kier molecular flexibility index (Phi) is 7.41. The van der Waals surface area contributed by atoms with Gasteiger partial charge >= 0.3 is 0 Å². The molecule has 0 fully saturated rings. The molecule has 0 spiro atoms. The van der Waals surface area contributed by atoms with E-state index in [4.69, 9.17) is 17.3 Å². The summed E-state index contributed by atoms with van der Waals surface area (Å²) in [7, 11) is 0. The van der Waals surface area contributed by atoms with E-state index in [9.17, 15) is 4.79 Å². The lowest BCUT2D eigenvalue weighted by atomic mass is 9.93. The molecule has 3 nitrogen and oxygen atoms in total. The molecular weight excluding hydrogens is 292 g/mol. The van der Waals surface area contributed by atoms with Crippen LogP contribution < -0.4 is 11.1 Å². The van der Waals surface area contributed by atoms with E-state index >= 15 is 0 Å². The molecule has 1 aromatic rings. The van der Waals surface area contributed by atoms with Gasteiger partial charge in [0.25, 0.3) is 0 Å². The predicted octanol–water partition coefficient (Wildman–Crippen LogP) is 3.21. The van der Waals surface area contributed by atoms with E-state index in [0.29, 0.717) is 12.3 Å². The first-order chi connectivity index (χ1) is 9.55. The molecule has 3 N–H and O–H groups in total. The topological polar surface area (TPSA) is 55.1 Å². The van der Waals surface area contributed by atoms with Crippen LogP contribution in [0.1, 0.15) is 32.3 Å². The minimum atomic E-state index is -0.252. The molecule has 0 aliphatic carbocycles. The Morgan fingerprint density at radius 2 is 1.90 bits per heavy atom. The molecule has 0 bridgehead atoms. The Bertz CT molecular complexity index is 410. The number of carbonyl (C=O) groups excluding carboxylic acids is 1. The summed E-state index contributed by atoms with van der Waals surface area (Å²) in [5.74, 6) is 1.31. The number of benzene rings is 1. The highest BCUT2D eigenvalue weighted by atomic mass is 35.5. The number of thioether (sulfide) groups is 1. The van der Waals surface area contributed by atoms with Gasteiger partial charge in [0.05, 0.1) is 11.3 Å². The normalized spacial score (nSPS) is 11.4. The zero-order valence-electron chi connectivity index (χ0n) is 12.1. The van der Waals surface area contributed by atoms with Crippen LogP contribution in [0.2, 0.25) is 5.02 Å². The fraction of sp³-hybridized carbons (Fsp3) is 0.533. The van der Waals surface area contributed by atoms with E-state index in [1.165, 1.54) is 5.56 Å². The fourth-order valence-corrected chi connectivity index (χ4v) is 2.85. The molecule has 0 radical (unpaired) electrons. The molecule has 0 aliphatic rings. The molecule has 1 amide bonds. The predicted molar refractivity (Wildman–Crippen MR) is 88.1 cm³/mol. The monoisotopic (exact) mass is 314 g/mol. The smallest absolute Gasteiger partial charge is 0.230 e. The minimum absolute atomic E-state index is 0.0538. The van der Waals surface area contributed by atoms with Crippen LogP contribution in [0.3, 0.4) is 0 Å². The van der Waals surface area contributed by atoms with E-state index in [2.05, 4.69) is 19.2 Å². The largest absolute Gasteiger partial charge is 0.349 e. The number of nitrogens with one attached hydrogen (secondary N) is 1. The molecule has 0 saturated carbocycles. The molecule has 0 aliphatic heterocycles. The van der Waals surface area contributed by atoms with Gasteiger partial charge in [-0.25, -0.2) is 0 Å². The van der Waals surface area contributed by atoms with Gasteiger partial charge in [0, 0.05) is 17.3 Å². The number of hydrogen-bond donors (Lipinski definition) is 2. The van der Waals surface area contributed by atoms with Crippen molar-refractivity contribution in [3.8, 4) is 0 Å². The first kappa shape index (κ1) is 17.3. The first-order valence-corrected chi connectivity index (χ1v) is 8.41. The zero-order chi connectivity index (χ0) is 15.0. The van der Waals surface area contributed by atoms with Crippen molar-refractivity contribution in [1.82, 2.24) is 5.32 Å². The van der Waals surface area contributed by atoms with E-state index in [0.717, 1.165) is 23.6 Å². The van der Waals surface area contributed by atoms with Crippen LogP contribution in [0.25, 0.3) is 0 Å². The quantitative estimate of drug-likeness (QED) is 0.774. The Morgan fingerprint density at radius 3 is 2.40 bits per heavy atom. The molecule has 1 rings (SSSR count). The van der Waals surface area contributed by atoms with Gasteiger partial charge in [-0.2, -0.15) is 0 Å². The lowest BCUT2D eigenvalue weighted by Gasteiger charge is -2.31. The van der Waals surface area contributed by atoms with Crippen LogP contribution in [0.4, 0.5) is 0 Å². The zero-order valence-corrected chi connectivity index (χ0v) is 13.7. The highest BCUT2D eigenvalue weighted by Crippen LogP contribution is 2.17. The molecule has 0 unspecified atom stereocenters. The summed E-state index contributed by atoms with van der Waals surface area (Å²) >= 11 is 7.43. The van der Waals surface area contributed by atoms with Crippen molar-refractivity contribution < 1.29 is 4.79 Å². The number of rotatable bonds is 8. The Labute approximate surface area is 130 Å². The highest BCUT2D eigenvalue weighted by molar-refractivity contribution is 7.99. The van der Waals surface area contributed by atoms with Crippen LogP contribution in [0.5, 0.6) is 0 Å². The number of nitrogens with two attached hydrogens (primary N) is 1. The molecule has 112 valence electrons. The van der Waals surface area contributed by atoms with Gasteiger partial charge in [-0.15, -0.1) is 11.8 Å². The van der Waals surface area contributed by atoms with Gasteiger partial charge in [-0.3, -0.25) is 4.79 Å². The highest BCUT2D eigenvalue weighted by Gasteiger charge is 2.25. The Balaban J connectivity index is 2.38. The van der Waals surface area contributed by atoms with Gasteiger partial charge in [0.1, 0.15) is 0 Å². The van der Waals surface area contributed by atoms with Crippen molar-refractivity contribution in [3.05, 3.63) is 34.9 Å². The van der Waals surface area contributed by atoms with Gasteiger partial charge in [0.15, 0.2) is 0 Å². The molecule has 5 heteroatoms. The molecule has 0 heterocycles. The van der Waals surface area contributed by atoms with Crippen LogP contribution >= 0.6 is 23.4 Å². The van der Waals surface area contributed by atoms with Crippen LogP contribution in [-0.2, 0) is 10.5 Å². The summed E-state index contributed by atoms with van der Waals surface area (Å²) in [5.41, 5.74) is 6.69. The maximum atomic E-state index is 12.0. The minimum Gasteiger partial charge on any atom is -0.349 e. The van der Waals surface area contributed by atoms with Crippen molar-refractivity contribution in [3.63, 3.8) is 0 Å². The number of amides is 1. The molecule has 0 atom stereocenters. The second-order valence-corrected chi connectivity index (χ2v) is 6.28. The number of hydrogen-bond acceptors (Lipinski definition) is 3. The van der Waals surface area contributed by atoms with E-state index in [-0.39, 0.29) is 11.4 Å². The SMILES string of the molecule is CCC(CC)(CN)NC(=O)CSCc1ccc(Cl)cc1. The van der Waals surface area contributed by atoms with Gasteiger partial charge < -0.3 is 11.1 Å². The first-order valence-electron chi connectivity index (χ1n) is 6.88. The van der Waals surface area contributed by atoms with Crippen molar-refractivity contribution >= 4 is 29.3 Å². The molecule has 0 saturated heterocycles. The maximum absolute atomic E-state index is 12.0. The summed E-state index contributed by atoms with van der Waals surface area (Å²) in [4.78, 5) is 12.0. The van der Waals surface area contributed by atoms with E-state index < -0.39 is 0 Å². The summed E-state index contributed by atoms with van der Waals surface area (Å²) in [6.07, 6.45) is 1.71. The maximum Gasteiger partial charge on any atom is 0.230 e. The van der Waals surface area contributed by atoms with E-state index in [1.807, 2.05) is 24.3 Å². The molecule has 0 aromatic heterocycles. The third kappa shape index (κ3) is 5.35. The van der Waals surface area contributed by atoms with E-state index in [1.54, 1.807) is 11.8 Å². The lowest BCUT2D eigenvalue weighted by molar-refractivity contribution is -0.120. The molecular formula is C15H23ClN2OS. The third-order valence-corrected chi connectivity index (χ3v) is 4.82. The van der Waals surface area contributed by atoms with Gasteiger partial charge in [0.2, 0.25) is 5.91 Å². The summed E-state index contributed by atoms with van der Waals surface area (Å²) in [6, 6.07) is 7.70. The average Bonchev–Trinajstić information content (AvgIpc) is 2.47. The number of carbonyl (C=O) groups is 1. The van der Waals surface area contributed by atoms with Crippen LogP contribution in [0.15, 0.2) is 24.3 Å². The van der Waals surface area contributed by atoms with Crippen molar-refractivity contribution in [2.75, 3.05) is 12.3 Å². The van der Waals surface area contributed by atoms with Gasteiger partial charge in [-0.05, 0) is 30.5 Å². The summed E-state index contributed by atoms with van der Waals surface area (Å²) in [6.45, 7) is 4.59. The second-order valence-electron chi connectivity index (χ2n) is 4.86. The standard InChI is InChI=1S/C15H23ClN2OS/c1-3-15(4-2,11-17)18-14(19)10-20-9-12-5-7-13(16)8-6-12/h5-8H,3-4,9-11,17H2,1-2H3,(H,18,19). The summed E-state index contributed by atoms with van der Waals surface area (Å²) in [5, 5.41) is 3.80. The molecule has 20 heavy (non-hydrogen) atoms. The van der Waals surface area contributed by atoms with Gasteiger partial charge in [-0.1, -0.05) is 37.6 Å².